The van der Waals surface area contributed by atoms with Crippen molar-refractivity contribution in [2.75, 3.05) is 39.0 Å². The van der Waals surface area contributed by atoms with Gasteiger partial charge in [0.25, 0.3) is 10.1 Å². The highest BCUT2D eigenvalue weighted by molar-refractivity contribution is 7.85. The molecule has 0 radical (unpaired) electrons. The Morgan fingerprint density at radius 3 is 1.74 bits per heavy atom. The Morgan fingerprint density at radius 1 is 0.500 bits per heavy atom. The minimum Gasteiger partial charge on any atom is -0.505 e. The molecule has 0 bridgehead atoms. The fourth-order valence-corrected chi connectivity index (χ4v) is 8.26. The van der Waals surface area contributed by atoms with Gasteiger partial charge in [-0.3, -0.25) is 4.55 Å². The lowest BCUT2D eigenvalue weighted by molar-refractivity contribution is 0.319. The van der Waals surface area contributed by atoms with Crippen molar-refractivity contribution in [1.82, 2.24) is 0 Å². The van der Waals surface area contributed by atoms with E-state index in [4.69, 9.17) is 33.7 Å². The molecule has 0 aromatic heterocycles. The Labute approximate surface area is 390 Å². The van der Waals surface area contributed by atoms with Gasteiger partial charge < -0.3 is 29.4 Å². The van der Waals surface area contributed by atoms with E-state index in [0.717, 1.165) is 49.4 Å². The van der Waals surface area contributed by atoms with E-state index in [1.807, 2.05) is 127 Å². The van der Waals surface area contributed by atoms with Crippen LogP contribution < -0.4 is 24.3 Å². The van der Waals surface area contributed by atoms with Crippen molar-refractivity contribution in [3.63, 3.8) is 0 Å². The maximum Gasteiger partial charge on any atom is 0.264 e. The van der Waals surface area contributed by atoms with Crippen molar-refractivity contribution in [1.29, 1.82) is 0 Å². The van der Waals surface area contributed by atoms with Crippen molar-refractivity contribution < 1.29 is 37.0 Å². The van der Waals surface area contributed by atoms with Crippen LogP contribution in [-0.2, 0) is 10.1 Å². The molecule has 0 saturated carbocycles. The average molecular weight is 926 g/mol. The van der Waals surface area contributed by atoms with Gasteiger partial charge in [-0.15, -0.1) is 25.6 Å². The minimum atomic E-state index is -4.08. The van der Waals surface area contributed by atoms with Gasteiger partial charge in [-0.2, -0.15) is 13.5 Å². The van der Waals surface area contributed by atoms with E-state index in [1.165, 1.54) is 0 Å². The summed E-state index contributed by atoms with van der Waals surface area (Å²) in [6.07, 6.45) is 0.136. The standard InChI is InChI=1S/C52H43N7O8S/c1-64-37-22-19-34(20-23-37)53-35-21-24-38-33(28-35)17-25-44(52(38)60)55-58-50-42-14-7-5-12-40(42)46(31-49(50)66-3)57-59-51-41-13-6-4-11-39(41)45(30-48(51)65-2)56-54-36-18-16-32-10-8-15-47(43(32)29-36)67-26-9-27-68(61,62)63/h4-8,10-25,28-31,53,60H,9,26-27H2,1-3H3,(H,61,62,63). The lowest BCUT2D eigenvalue weighted by atomic mass is 10.1. The van der Waals surface area contributed by atoms with Crippen LogP contribution in [0.25, 0.3) is 43.1 Å². The first-order chi connectivity index (χ1) is 33.1. The lowest BCUT2D eigenvalue weighted by Gasteiger charge is -2.12. The quantitative estimate of drug-likeness (QED) is 0.0479. The number of benzene rings is 9. The van der Waals surface area contributed by atoms with Crippen molar-refractivity contribution in [3.05, 3.63) is 152 Å². The number of aromatic hydroxyl groups is 1. The van der Waals surface area contributed by atoms with Gasteiger partial charge in [0.15, 0.2) is 5.75 Å². The Bertz CT molecular complexity index is 3570. The van der Waals surface area contributed by atoms with E-state index in [2.05, 4.69) is 25.8 Å². The molecule has 68 heavy (non-hydrogen) atoms. The molecule has 0 saturated heterocycles. The van der Waals surface area contributed by atoms with Gasteiger partial charge in [-0.05, 0) is 83.9 Å². The number of hydrogen-bond donors (Lipinski definition) is 3. The molecule has 340 valence electrons. The van der Waals surface area contributed by atoms with Gasteiger partial charge in [0.05, 0.1) is 50.8 Å². The fraction of sp³-hybridized carbons (Fsp3) is 0.115. The molecule has 9 aromatic rings. The lowest BCUT2D eigenvalue weighted by Crippen LogP contribution is -2.08. The first kappa shape index (κ1) is 44.7. The number of hydrogen-bond acceptors (Lipinski definition) is 14. The molecular formula is C52H43N7O8S. The van der Waals surface area contributed by atoms with Crippen molar-refractivity contribution in [2.24, 2.45) is 30.7 Å². The predicted molar refractivity (Wildman–Crippen MR) is 266 cm³/mol. The van der Waals surface area contributed by atoms with Crippen LogP contribution in [0.1, 0.15) is 6.42 Å². The topological polar surface area (TPSA) is 198 Å². The van der Waals surface area contributed by atoms with Crippen molar-refractivity contribution >= 4 is 98.7 Å². The van der Waals surface area contributed by atoms with E-state index in [9.17, 15) is 13.5 Å². The molecule has 3 N–H and O–H groups in total. The predicted octanol–water partition coefficient (Wildman–Crippen LogP) is 14.7. The van der Waals surface area contributed by atoms with Gasteiger partial charge in [0, 0.05) is 55.8 Å². The number of methoxy groups -OCH3 is 3. The maximum atomic E-state index is 11.3. The highest BCUT2D eigenvalue weighted by Crippen LogP contribution is 2.47. The summed E-state index contributed by atoms with van der Waals surface area (Å²) in [5, 5.41) is 48.6. The Balaban J connectivity index is 0.995. The third kappa shape index (κ3) is 9.72. The molecule has 0 spiro atoms. The number of phenols is 1. The second-order valence-electron chi connectivity index (χ2n) is 15.5. The molecule has 0 atom stereocenters. The van der Waals surface area contributed by atoms with Crippen LogP contribution in [-0.4, -0.2) is 51.8 Å². The second kappa shape index (κ2) is 19.6. The van der Waals surface area contributed by atoms with Gasteiger partial charge in [0.1, 0.15) is 40.1 Å². The van der Waals surface area contributed by atoms with E-state index in [0.29, 0.717) is 56.5 Å². The number of phenolic OH excluding ortho intramolecular Hbond substituents is 1. The fourth-order valence-electron chi connectivity index (χ4n) is 7.78. The molecule has 0 unspecified atom stereocenters. The van der Waals surface area contributed by atoms with Crippen LogP contribution in [0, 0.1) is 0 Å². The monoisotopic (exact) mass is 925 g/mol. The third-order valence-corrected chi connectivity index (χ3v) is 11.9. The SMILES string of the molecule is COc1ccc(Nc2ccc3c(O)c(N=Nc4c(OC)cc(N=Nc5c(OC)cc(N=Nc6ccc7cccc(OCCCS(=O)(=O)O)c7c6)c6ccccc56)c5ccccc45)ccc3c2)cc1. The summed E-state index contributed by atoms with van der Waals surface area (Å²) in [5.41, 5.74) is 4.58. The Hall–Kier alpha value is -8.47. The molecule has 0 aliphatic rings. The van der Waals surface area contributed by atoms with Crippen LogP contribution in [0.5, 0.6) is 28.7 Å². The number of ether oxygens (including phenoxy) is 4. The molecule has 9 rings (SSSR count). The number of anilines is 2. The molecule has 16 heteroatoms. The van der Waals surface area contributed by atoms with Crippen molar-refractivity contribution in [3.8, 4) is 28.7 Å². The second-order valence-corrected chi connectivity index (χ2v) is 17.0. The summed E-state index contributed by atoms with van der Waals surface area (Å²) >= 11 is 0. The Kier molecular flexibility index (Phi) is 12.9. The normalized spacial score (nSPS) is 12.0. The van der Waals surface area contributed by atoms with Gasteiger partial charge >= 0.3 is 0 Å². The highest BCUT2D eigenvalue weighted by Gasteiger charge is 2.17. The van der Waals surface area contributed by atoms with E-state index in [1.54, 1.807) is 45.6 Å². The van der Waals surface area contributed by atoms with E-state index < -0.39 is 15.9 Å². The van der Waals surface area contributed by atoms with Crippen LogP contribution >= 0.6 is 0 Å². The van der Waals surface area contributed by atoms with Crippen LogP contribution in [0.3, 0.4) is 0 Å². The molecule has 9 aromatic carbocycles. The third-order valence-electron chi connectivity index (χ3n) is 11.1. The first-order valence-corrected chi connectivity index (χ1v) is 22.9. The first-order valence-electron chi connectivity index (χ1n) is 21.3. The highest BCUT2D eigenvalue weighted by atomic mass is 32.2. The molecular weight excluding hydrogens is 883 g/mol. The number of nitrogens with zero attached hydrogens (tertiary/aromatic N) is 6. The summed E-state index contributed by atoms with van der Waals surface area (Å²) in [5.74, 6) is 1.74. The molecule has 0 aliphatic heterocycles. The zero-order chi connectivity index (χ0) is 47.2. The van der Waals surface area contributed by atoms with Gasteiger partial charge in [0.2, 0.25) is 0 Å². The number of azo groups is 3. The zero-order valence-electron chi connectivity index (χ0n) is 37.0. The van der Waals surface area contributed by atoms with Crippen LogP contribution in [0.15, 0.2) is 182 Å². The van der Waals surface area contributed by atoms with Crippen molar-refractivity contribution in [2.45, 2.75) is 6.42 Å². The molecule has 0 amide bonds. The smallest absolute Gasteiger partial charge is 0.264 e. The maximum absolute atomic E-state index is 11.3. The molecule has 0 heterocycles. The number of rotatable bonds is 16. The summed E-state index contributed by atoms with van der Waals surface area (Å²) in [4.78, 5) is 0. The molecule has 0 aliphatic carbocycles. The summed E-state index contributed by atoms with van der Waals surface area (Å²) in [7, 11) is 0.640. The summed E-state index contributed by atoms with van der Waals surface area (Å²) < 4.78 is 54.3. The largest absolute Gasteiger partial charge is 0.505 e. The minimum absolute atomic E-state index is 0.00643. The van der Waals surface area contributed by atoms with E-state index >= 15 is 0 Å². The average Bonchev–Trinajstić information content (AvgIpc) is 3.36. The van der Waals surface area contributed by atoms with Gasteiger partial charge in [-0.25, -0.2) is 0 Å². The van der Waals surface area contributed by atoms with Crippen LogP contribution in [0.2, 0.25) is 0 Å². The number of nitrogens with one attached hydrogen (secondary N) is 1. The summed E-state index contributed by atoms with van der Waals surface area (Å²) in [6.45, 7) is 0.105. The number of fused-ring (bicyclic) bond motifs is 4. The van der Waals surface area contributed by atoms with Gasteiger partial charge in [-0.1, -0.05) is 72.8 Å². The van der Waals surface area contributed by atoms with E-state index in [-0.39, 0.29) is 24.5 Å². The summed E-state index contributed by atoms with van der Waals surface area (Å²) in [6, 6.07) is 46.8. The molecule has 15 nitrogen and oxygen atoms in total. The molecule has 0 fully saturated rings. The zero-order valence-corrected chi connectivity index (χ0v) is 37.8. The Morgan fingerprint density at radius 2 is 1.10 bits per heavy atom. The van der Waals surface area contributed by atoms with Crippen LogP contribution in [0.4, 0.5) is 45.5 Å².